The van der Waals surface area contributed by atoms with Crippen LogP contribution < -0.4 is 0 Å². The van der Waals surface area contributed by atoms with Gasteiger partial charge < -0.3 is 18.9 Å². The minimum absolute atomic E-state index is 0.0597. The summed E-state index contributed by atoms with van der Waals surface area (Å²) >= 11 is 0. The quantitative estimate of drug-likeness (QED) is 0.473. The minimum atomic E-state index is -0.369. The predicted molar refractivity (Wildman–Crippen MR) is 94.9 cm³/mol. The number of ether oxygens (including phenoxy) is 2. The summed E-state index contributed by atoms with van der Waals surface area (Å²) in [6.45, 7) is 1.96. The van der Waals surface area contributed by atoms with Crippen LogP contribution in [-0.2, 0) is 25.6 Å². The number of para-hydroxylation sites is 1. The van der Waals surface area contributed by atoms with Crippen molar-refractivity contribution < 1.29 is 19.1 Å². The van der Waals surface area contributed by atoms with Crippen LogP contribution in [0.1, 0.15) is 5.56 Å². The summed E-state index contributed by atoms with van der Waals surface area (Å²) in [5, 5.41) is 10.3. The molecule has 1 saturated heterocycles. The number of hydrogen-bond donors (Lipinski definition) is 0. The normalized spacial score (nSPS) is 14.9. The molecule has 0 radical (unpaired) electrons. The second-order valence-corrected chi connectivity index (χ2v) is 5.88. The van der Waals surface area contributed by atoms with E-state index in [0.29, 0.717) is 31.9 Å². The van der Waals surface area contributed by atoms with Gasteiger partial charge in [0.25, 0.3) is 5.91 Å². The summed E-state index contributed by atoms with van der Waals surface area (Å²) in [5.41, 5.74) is 1.61. The smallest absolute Gasteiger partial charge is 0.325 e. The van der Waals surface area contributed by atoms with Gasteiger partial charge in [0.15, 0.2) is 0 Å². The molecule has 0 unspecified atom stereocenters. The maximum Gasteiger partial charge on any atom is 0.325 e. The van der Waals surface area contributed by atoms with E-state index in [1.807, 2.05) is 30.3 Å². The molecule has 26 heavy (non-hydrogen) atoms. The Morgan fingerprint density at radius 1 is 1.31 bits per heavy atom. The van der Waals surface area contributed by atoms with Gasteiger partial charge in [0.05, 0.1) is 20.3 Å². The van der Waals surface area contributed by atoms with Crippen molar-refractivity contribution in [1.29, 1.82) is 5.26 Å². The number of amides is 1. The third kappa shape index (κ3) is 3.60. The topological polar surface area (TPSA) is 84.6 Å². The molecule has 0 spiro atoms. The van der Waals surface area contributed by atoms with E-state index in [9.17, 15) is 14.9 Å². The van der Waals surface area contributed by atoms with E-state index in [1.165, 1.54) is 7.11 Å². The van der Waals surface area contributed by atoms with Crippen LogP contribution in [0.25, 0.3) is 17.0 Å². The van der Waals surface area contributed by atoms with Gasteiger partial charge in [-0.1, -0.05) is 18.2 Å². The third-order valence-electron chi connectivity index (χ3n) is 4.30. The Kier molecular flexibility index (Phi) is 5.34. The molecule has 0 N–H and O–H groups in total. The lowest BCUT2D eigenvalue weighted by atomic mass is 10.1. The predicted octanol–water partition coefficient (Wildman–Crippen LogP) is 1.58. The number of morpholine rings is 1. The largest absolute Gasteiger partial charge is 0.468 e. The molecule has 7 nitrogen and oxygen atoms in total. The fourth-order valence-corrected chi connectivity index (χ4v) is 2.96. The van der Waals surface area contributed by atoms with Gasteiger partial charge in [0.2, 0.25) is 0 Å². The first-order chi connectivity index (χ1) is 12.6. The molecule has 7 heteroatoms. The van der Waals surface area contributed by atoms with Crippen LogP contribution >= 0.6 is 0 Å². The van der Waals surface area contributed by atoms with Gasteiger partial charge in [0.1, 0.15) is 18.2 Å². The highest BCUT2D eigenvalue weighted by molar-refractivity contribution is 6.04. The number of nitriles is 1. The maximum absolute atomic E-state index is 12.6. The van der Waals surface area contributed by atoms with Crippen LogP contribution in [0.5, 0.6) is 0 Å². The van der Waals surface area contributed by atoms with Crippen molar-refractivity contribution in [3.05, 3.63) is 41.6 Å². The molecule has 1 aliphatic heterocycles. The number of fused-ring (bicyclic) bond motifs is 1. The van der Waals surface area contributed by atoms with Gasteiger partial charge in [-0.25, -0.2) is 0 Å². The molecule has 1 fully saturated rings. The van der Waals surface area contributed by atoms with Crippen LogP contribution in [-0.4, -0.2) is 54.8 Å². The number of nitrogens with zero attached hydrogens (tertiary/aromatic N) is 3. The molecule has 3 rings (SSSR count). The number of esters is 1. The number of carbonyl (C=O) groups excluding carboxylic acids is 2. The van der Waals surface area contributed by atoms with Crippen LogP contribution in [0.3, 0.4) is 0 Å². The van der Waals surface area contributed by atoms with E-state index in [1.54, 1.807) is 21.7 Å². The molecule has 0 saturated carbocycles. The molecule has 1 aromatic heterocycles. The Bertz CT molecular complexity index is 901. The summed E-state index contributed by atoms with van der Waals surface area (Å²) in [6, 6.07) is 9.52. The van der Waals surface area contributed by atoms with E-state index < -0.39 is 0 Å². The molecule has 2 aromatic rings. The van der Waals surface area contributed by atoms with E-state index in [-0.39, 0.29) is 24.0 Å². The number of methoxy groups -OCH3 is 1. The van der Waals surface area contributed by atoms with Crippen LogP contribution in [0.2, 0.25) is 0 Å². The summed E-state index contributed by atoms with van der Waals surface area (Å²) in [4.78, 5) is 25.9. The van der Waals surface area contributed by atoms with Gasteiger partial charge in [-0.15, -0.1) is 0 Å². The molecular weight excluding hydrogens is 334 g/mol. The zero-order valence-electron chi connectivity index (χ0n) is 14.5. The van der Waals surface area contributed by atoms with E-state index in [2.05, 4.69) is 0 Å². The fourth-order valence-electron chi connectivity index (χ4n) is 2.96. The van der Waals surface area contributed by atoms with Gasteiger partial charge in [0, 0.05) is 35.8 Å². The Morgan fingerprint density at radius 2 is 2.04 bits per heavy atom. The fraction of sp³-hybridized carbons (Fsp3) is 0.316. The first-order valence-electron chi connectivity index (χ1n) is 8.27. The summed E-state index contributed by atoms with van der Waals surface area (Å²) in [5.74, 6) is -0.674. The summed E-state index contributed by atoms with van der Waals surface area (Å²) < 4.78 is 11.7. The van der Waals surface area contributed by atoms with Crippen molar-refractivity contribution in [2.75, 3.05) is 33.4 Å². The SMILES string of the molecule is COC(=O)Cn1cc(/C=C(/C#N)C(=O)N2CCOCC2)c2ccccc21. The highest BCUT2D eigenvalue weighted by Gasteiger charge is 2.21. The molecule has 1 amide bonds. The lowest BCUT2D eigenvalue weighted by molar-refractivity contribution is -0.141. The van der Waals surface area contributed by atoms with Gasteiger partial charge in [-0.05, 0) is 12.1 Å². The van der Waals surface area contributed by atoms with Gasteiger partial charge >= 0.3 is 5.97 Å². The average Bonchev–Trinajstić information content (AvgIpc) is 3.03. The summed E-state index contributed by atoms with van der Waals surface area (Å²) in [7, 11) is 1.34. The molecule has 1 aliphatic rings. The highest BCUT2D eigenvalue weighted by atomic mass is 16.5. The second kappa shape index (κ2) is 7.85. The van der Waals surface area contributed by atoms with Crippen LogP contribution in [0.4, 0.5) is 0 Å². The molecular formula is C19H19N3O4. The van der Waals surface area contributed by atoms with E-state index in [4.69, 9.17) is 9.47 Å². The first-order valence-corrected chi connectivity index (χ1v) is 8.27. The van der Waals surface area contributed by atoms with Gasteiger partial charge in [-0.3, -0.25) is 9.59 Å². The van der Waals surface area contributed by atoms with Crippen LogP contribution in [0, 0.1) is 11.3 Å². The number of aromatic nitrogens is 1. The summed E-state index contributed by atoms with van der Waals surface area (Å²) in [6.07, 6.45) is 3.33. The van der Waals surface area contributed by atoms with E-state index >= 15 is 0 Å². The highest BCUT2D eigenvalue weighted by Crippen LogP contribution is 2.24. The third-order valence-corrected chi connectivity index (χ3v) is 4.30. The lowest BCUT2D eigenvalue weighted by Gasteiger charge is -2.26. The van der Waals surface area contributed by atoms with Crippen molar-refractivity contribution in [3.8, 4) is 6.07 Å². The molecule has 2 heterocycles. The lowest BCUT2D eigenvalue weighted by Crippen LogP contribution is -2.41. The number of benzene rings is 1. The van der Waals surface area contributed by atoms with Crippen LogP contribution in [0.15, 0.2) is 36.0 Å². The minimum Gasteiger partial charge on any atom is -0.468 e. The average molecular weight is 353 g/mol. The van der Waals surface area contributed by atoms with Crippen molar-refractivity contribution in [3.63, 3.8) is 0 Å². The number of carbonyl (C=O) groups is 2. The number of hydrogen-bond acceptors (Lipinski definition) is 5. The molecule has 1 aromatic carbocycles. The first kappa shape index (κ1) is 17.7. The zero-order valence-corrected chi connectivity index (χ0v) is 14.5. The molecule has 134 valence electrons. The monoisotopic (exact) mass is 353 g/mol. The standard InChI is InChI=1S/C19H19N3O4/c1-25-18(23)13-22-12-15(16-4-2-3-5-17(16)22)10-14(11-20)19(24)21-6-8-26-9-7-21/h2-5,10,12H,6-9,13H2,1H3/b14-10-. The van der Waals surface area contributed by atoms with Gasteiger partial charge in [-0.2, -0.15) is 5.26 Å². The molecule has 0 atom stereocenters. The molecule has 0 bridgehead atoms. The van der Waals surface area contributed by atoms with Crippen molar-refractivity contribution in [2.45, 2.75) is 6.54 Å². The maximum atomic E-state index is 12.6. The van der Waals surface area contributed by atoms with Crippen molar-refractivity contribution in [1.82, 2.24) is 9.47 Å². The van der Waals surface area contributed by atoms with E-state index in [0.717, 1.165) is 10.9 Å². The van der Waals surface area contributed by atoms with Crippen molar-refractivity contribution >= 4 is 28.9 Å². The second-order valence-electron chi connectivity index (χ2n) is 5.88. The zero-order chi connectivity index (χ0) is 18.5. The Balaban J connectivity index is 1.98. The van der Waals surface area contributed by atoms with Crippen molar-refractivity contribution in [2.24, 2.45) is 0 Å². The Labute approximate surface area is 151 Å². The Morgan fingerprint density at radius 3 is 2.73 bits per heavy atom. The number of rotatable bonds is 4. The molecule has 0 aliphatic carbocycles. The Hall–Kier alpha value is -3.11.